The van der Waals surface area contributed by atoms with Gasteiger partial charge in [0.2, 0.25) is 5.36 Å². The van der Waals surface area contributed by atoms with Gasteiger partial charge in [0, 0.05) is 43.0 Å². The standard InChI is InChI=1S/C15H20N3S/c1-11(17(2)3)8-13-10-16-14-7-6-12(18(4)5)9-15(14)19-13/h6-10H,1-5H3/q+1. The molecule has 3 nitrogen and oxygen atoms in total. The number of aromatic nitrogens is 1. The number of hydrogen-bond acceptors (Lipinski definition) is 3. The smallest absolute Gasteiger partial charge is 0.201 e. The molecule has 0 N–H and O–H groups in total. The quantitative estimate of drug-likeness (QED) is 0.782. The van der Waals surface area contributed by atoms with Crippen molar-refractivity contribution in [1.29, 1.82) is 0 Å². The first-order valence-electron chi connectivity index (χ1n) is 6.23. The maximum Gasteiger partial charge on any atom is 0.201 e. The van der Waals surface area contributed by atoms with Crippen LogP contribution >= 0.6 is 11.3 Å². The molecule has 0 spiro atoms. The van der Waals surface area contributed by atoms with Gasteiger partial charge in [0.1, 0.15) is 14.1 Å². The van der Waals surface area contributed by atoms with E-state index in [1.807, 2.05) is 6.20 Å². The van der Waals surface area contributed by atoms with Crippen LogP contribution < -0.4 is 9.93 Å². The van der Waals surface area contributed by atoms with Gasteiger partial charge in [0.15, 0.2) is 0 Å². The highest BCUT2D eigenvalue weighted by Crippen LogP contribution is 2.25. The highest BCUT2D eigenvalue weighted by atomic mass is 32.1. The molecule has 2 aliphatic rings. The Hall–Kier alpha value is -1.68. The summed E-state index contributed by atoms with van der Waals surface area (Å²) >= 11 is 1.77. The van der Waals surface area contributed by atoms with Gasteiger partial charge in [-0.1, -0.05) is 0 Å². The Morgan fingerprint density at radius 3 is 2.68 bits per heavy atom. The topological polar surface area (TPSA) is 19.1 Å². The van der Waals surface area contributed by atoms with E-state index in [0.717, 1.165) is 5.69 Å². The van der Waals surface area contributed by atoms with E-state index in [4.69, 9.17) is 0 Å². The van der Waals surface area contributed by atoms with E-state index in [2.05, 4.69) is 73.8 Å². The Balaban J connectivity index is 2.54. The van der Waals surface area contributed by atoms with Crippen molar-refractivity contribution >= 4 is 17.4 Å². The van der Waals surface area contributed by atoms with Crippen molar-refractivity contribution in [2.24, 2.45) is 0 Å². The molecule has 0 radical (unpaired) electrons. The predicted octanol–water partition coefficient (Wildman–Crippen LogP) is 2.20. The maximum absolute atomic E-state index is 4.52. The van der Waals surface area contributed by atoms with Crippen molar-refractivity contribution < 1.29 is 0 Å². The van der Waals surface area contributed by atoms with Crippen molar-refractivity contribution in [3.8, 4) is 10.6 Å². The zero-order chi connectivity index (χ0) is 14.0. The van der Waals surface area contributed by atoms with E-state index in [9.17, 15) is 0 Å². The third kappa shape index (κ3) is 3.20. The van der Waals surface area contributed by atoms with Gasteiger partial charge in [-0.2, -0.15) is 0 Å². The van der Waals surface area contributed by atoms with Gasteiger partial charge in [0.25, 0.3) is 0 Å². The molecule has 100 valence electrons. The zero-order valence-electron chi connectivity index (χ0n) is 12.1. The Labute approximate surface area is 118 Å². The molecule has 19 heavy (non-hydrogen) atoms. The summed E-state index contributed by atoms with van der Waals surface area (Å²) in [5.41, 5.74) is 2.27. The summed E-state index contributed by atoms with van der Waals surface area (Å²) < 4.78 is 2.11. The van der Waals surface area contributed by atoms with E-state index in [1.165, 1.54) is 20.8 Å². The third-order valence-electron chi connectivity index (χ3n) is 3.08. The van der Waals surface area contributed by atoms with Crippen LogP contribution in [0.25, 0.3) is 16.6 Å². The normalized spacial score (nSPS) is 11.7. The molecular formula is C15H20N3S+. The maximum atomic E-state index is 4.52. The SMILES string of the molecule is C/C(=C\c1cnc2ccc(=[N+](C)C)cc-2s1)N(C)C. The molecule has 0 atom stereocenters. The van der Waals surface area contributed by atoms with Crippen molar-refractivity contribution in [2.75, 3.05) is 28.2 Å². The number of rotatable bonds is 2. The van der Waals surface area contributed by atoms with E-state index in [-0.39, 0.29) is 0 Å². The van der Waals surface area contributed by atoms with Crippen LogP contribution in [0.4, 0.5) is 0 Å². The largest absolute Gasteiger partial charge is 0.381 e. The molecule has 0 unspecified atom stereocenters. The Bertz CT molecular complexity index is 649. The van der Waals surface area contributed by atoms with Gasteiger partial charge >= 0.3 is 0 Å². The monoisotopic (exact) mass is 274 g/mol. The predicted molar refractivity (Wildman–Crippen MR) is 83.2 cm³/mol. The first-order chi connectivity index (χ1) is 8.97. The highest BCUT2D eigenvalue weighted by molar-refractivity contribution is 7.15. The van der Waals surface area contributed by atoms with Crippen LogP contribution in [0, 0.1) is 0 Å². The lowest BCUT2D eigenvalue weighted by Gasteiger charge is -2.12. The summed E-state index contributed by atoms with van der Waals surface area (Å²) in [5, 5.41) is 1.20. The summed E-state index contributed by atoms with van der Waals surface area (Å²) in [6.45, 7) is 2.10. The van der Waals surface area contributed by atoms with Crippen molar-refractivity contribution in [2.45, 2.75) is 6.92 Å². The first-order valence-corrected chi connectivity index (χ1v) is 7.05. The van der Waals surface area contributed by atoms with E-state index in [1.54, 1.807) is 11.3 Å². The lowest BCUT2D eigenvalue weighted by atomic mass is 10.2. The fraction of sp³-hybridized carbons (Fsp3) is 0.333. The second-order valence-corrected chi connectivity index (χ2v) is 6.10. The molecule has 0 aromatic heterocycles. The van der Waals surface area contributed by atoms with E-state index in [0.29, 0.717) is 0 Å². The summed E-state index contributed by atoms with van der Waals surface area (Å²) in [5.74, 6) is 0. The van der Waals surface area contributed by atoms with Crippen molar-refractivity contribution in [3.05, 3.63) is 40.3 Å². The van der Waals surface area contributed by atoms with Crippen LogP contribution in [-0.4, -0.2) is 38.1 Å². The number of hydrogen-bond donors (Lipinski definition) is 0. The minimum absolute atomic E-state index is 1.05. The summed E-state index contributed by atoms with van der Waals surface area (Å²) in [6, 6.07) is 6.37. The van der Waals surface area contributed by atoms with Crippen LogP contribution in [-0.2, 0) is 0 Å². The number of nitrogens with zero attached hydrogens (tertiary/aromatic N) is 3. The molecule has 0 fully saturated rings. The third-order valence-corrected chi connectivity index (χ3v) is 4.08. The molecule has 1 heterocycles. The van der Waals surface area contributed by atoms with Crippen LogP contribution in [0.2, 0.25) is 0 Å². The molecular weight excluding hydrogens is 254 g/mol. The Morgan fingerprint density at radius 2 is 2.05 bits per heavy atom. The van der Waals surface area contributed by atoms with Gasteiger partial charge in [-0.15, -0.1) is 11.3 Å². The second kappa shape index (κ2) is 5.53. The minimum atomic E-state index is 1.05. The van der Waals surface area contributed by atoms with E-state index < -0.39 is 0 Å². The lowest BCUT2D eigenvalue weighted by Crippen LogP contribution is -2.21. The highest BCUT2D eigenvalue weighted by Gasteiger charge is 2.07. The van der Waals surface area contributed by atoms with Gasteiger partial charge in [-0.05, 0) is 19.1 Å². The average Bonchev–Trinajstić information content (AvgIpc) is 2.37. The Kier molecular flexibility index (Phi) is 4.00. The first kappa shape index (κ1) is 13.7. The molecule has 0 saturated heterocycles. The molecule has 0 bridgehead atoms. The molecule has 0 aromatic carbocycles. The number of allylic oxidation sites excluding steroid dienone is 1. The van der Waals surface area contributed by atoms with Gasteiger partial charge in [-0.25, -0.2) is 4.58 Å². The molecule has 2 rings (SSSR count). The minimum Gasteiger partial charge on any atom is -0.381 e. The van der Waals surface area contributed by atoms with Crippen LogP contribution in [0.15, 0.2) is 30.1 Å². The molecule has 4 heteroatoms. The van der Waals surface area contributed by atoms with Crippen molar-refractivity contribution in [3.63, 3.8) is 0 Å². The molecule has 0 saturated carbocycles. The Morgan fingerprint density at radius 1 is 1.32 bits per heavy atom. The molecule has 0 aromatic rings. The number of fused-ring (bicyclic) bond motifs is 1. The molecule has 1 aliphatic carbocycles. The number of benzene rings is 1. The summed E-state index contributed by atoms with van der Waals surface area (Å²) in [6.07, 6.45) is 4.11. The van der Waals surface area contributed by atoms with Gasteiger partial charge < -0.3 is 4.90 Å². The fourth-order valence-corrected chi connectivity index (χ4v) is 2.65. The molecule has 1 aliphatic heterocycles. The molecule has 0 amide bonds. The summed E-state index contributed by atoms with van der Waals surface area (Å²) in [4.78, 5) is 9.02. The second-order valence-electron chi connectivity index (χ2n) is 4.99. The van der Waals surface area contributed by atoms with Crippen LogP contribution in [0.1, 0.15) is 11.8 Å². The average molecular weight is 274 g/mol. The fourth-order valence-electron chi connectivity index (χ4n) is 1.66. The summed E-state index contributed by atoms with van der Waals surface area (Å²) in [7, 11) is 8.21. The zero-order valence-corrected chi connectivity index (χ0v) is 13.0. The van der Waals surface area contributed by atoms with Crippen LogP contribution in [0.5, 0.6) is 0 Å². The van der Waals surface area contributed by atoms with Crippen molar-refractivity contribution in [1.82, 2.24) is 14.5 Å². The van der Waals surface area contributed by atoms with E-state index >= 15 is 0 Å². The van der Waals surface area contributed by atoms with Gasteiger partial charge in [0.05, 0.1) is 10.6 Å². The van der Waals surface area contributed by atoms with Gasteiger partial charge in [-0.3, -0.25) is 4.98 Å². The lowest BCUT2D eigenvalue weighted by molar-refractivity contribution is 0.519. The van der Waals surface area contributed by atoms with Crippen LogP contribution in [0.3, 0.4) is 0 Å².